The Balaban J connectivity index is 1.60. The Kier molecular flexibility index (Phi) is 5.10. The number of carbonyl (C=O) groups excluding carboxylic acids is 1. The van der Waals surface area contributed by atoms with Gasteiger partial charge in [-0.25, -0.2) is 0 Å². The van der Waals surface area contributed by atoms with E-state index in [2.05, 4.69) is 4.90 Å². The number of amides is 1. The molecular formula is C16H24N2O3S. The maximum Gasteiger partial charge on any atom is 0.222 e. The van der Waals surface area contributed by atoms with E-state index < -0.39 is 6.10 Å². The number of aliphatic hydroxyl groups is 1. The average molecular weight is 324 g/mol. The summed E-state index contributed by atoms with van der Waals surface area (Å²) in [5, 5.41) is 10.4. The maximum absolute atomic E-state index is 11.7. The van der Waals surface area contributed by atoms with Gasteiger partial charge in [-0.3, -0.25) is 9.69 Å². The second-order valence-corrected chi connectivity index (χ2v) is 7.28. The summed E-state index contributed by atoms with van der Waals surface area (Å²) in [4.78, 5) is 15.8. The number of carbonyl (C=O) groups is 1. The van der Waals surface area contributed by atoms with Crippen molar-refractivity contribution in [1.82, 2.24) is 9.80 Å². The Morgan fingerprint density at radius 1 is 1.41 bits per heavy atom. The lowest BCUT2D eigenvalue weighted by Gasteiger charge is -2.36. The number of likely N-dealkylation sites (tertiary alicyclic amines) is 1. The zero-order valence-electron chi connectivity index (χ0n) is 13.0. The summed E-state index contributed by atoms with van der Waals surface area (Å²) in [6.45, 7) is 4.73. The molecule has 5 nitrogen and oxygen atoms in total. The van der Waals surface area contributed by atoms with Gasteiger partial charge in [-0.2, -0.15) is 11.8 Å². The van der Waals surface area contributed by atoms with Crippen LogP contribution in [0.25, 0.3) is 0 Å². The lowest BCUT2D eigenvalue weighted by Crippen LogP contribution is -2.44. The third-order valence-corrected chi connectivity index (χ3v) is 5.40. The van der Waals surface area contributed by atoms with Crippen LogP contribution in [0.5, 0.6) is 0 Å². The highest BCUT2D eigenvalue weighted by Gasteiger charge is 2.30. The first kappa shape index (κ1) is 15.9. The van der Waals surface area contributed by atoms with Crippen molar-refractivity contribution in [2.24, 2.45) is 0 Å². The van der Waals surface area contributed by atoms with Crippen LogP contribution in [0.15, 0.2) is 16.5 Å². The summed E-state index contributed by atoms with van der Waals surface area (Å²) in [5.74, 6) is 4.14. The highest BCUT2D eigenvalue weighted by molar-refractivity contribution is 7.99. The Bertz CT molecular complexity index is 519. The molecule has 1 amide bonds. The Labute approximate surface area is 135 Å². The molecule has 1 aromatic rings. The van der Waals surface area contributed by atoms with Crippen molar-refractivity contribution in [1.29, 1.82) is 0 Å². The molecule has 3 heterocycles. The van der Waals surface area contributed by atoms with E-state index in [1.807, 2.05) is 30.8 Å². The van der Waals surface area contributed by atoms with E-state index in [0.29, 0.717) is 19.5 Å². The van der Waals surface area contributed by atoms with E-state index >= 15 is 0 Å². The molecule has 2 unspecified atom stereocenters. The molecule has 2 fully saturated rings. The normalized spacial score (nSPS) is 24.9. The van der Waals surface area contributed by atoms with Crippen LogP contribution >= 0.6 is 11.8 Å². The molecule has 0 spiro atoms. The zero-order valence-corrected chi connectivity index (χ0v) is 13.8. The molecule has 1 aromatic heterocycles. The Morgan fingerprint density at radius 2 is 2.27 bits per heavy atom. The van der Waals surface area contributed by atoms with Crippen LogP contribution in [0, 0.1) is 6.92 Å². The van der Waals surface area contributed by atoms with Crippen LogP contribution in [-0.4, -0.2) is 64.6 Å². The van der Waals surface area contributed by atoms with Gasteiger partial charge in [0.05, 0.1) is 12.1 Å². The lowest BCUT2D eigenvalue weighted by molar-refractivity contribution is -0.129. The third-order valence-electron chi connectivity index (χ3n) is 4.38. The minimum atomic E-state index is -0.497. The van der Waals surface area contributed by atoms with Gasteiger partial charge in [0.25, 0.3) is 0 Å². The van der Waals surface area contributed by atoms with Crippen LogP contribution in [0.3, 0.4) is 0 Å². The van der Waals surface area contributed by atoms with Gasteiger partial charge in [-0.1, -0.05) is 0 Å². The van der Waals surface area contributed by atoms with E-state index in [-0.39, 0.29) is 11.9 Å². The van der Waals surface area contributed by atoms with Gasteiger partial charge in [0.1, 0.15) is 11.5 Å². The fraction of sp³-hybridized carbons (Fsp3) is 0.688. The summed E-state index contributed by atoms with van der Waals surface area (Å²) < 4.78 is 5.78. The van der Waals surface area contributed by atoms with Gasteiger partial charge in [0.2, 0.25) is 5.91 Å². The monoisotopic (exact) mass is 324 g/mol. The van der Waals surface area contributed by atoms with Gasteiger partial charge in [0.15, 0.2) is 0 Å². The smallest absolute Gasteiger partial charge is 0.222 e. The highest BCUT2D eigenvalue weighted by Crippen LogP contribution is 2.30. The molecule has 3 rings (SSSR count). The van der Waals surface area contributed by atoms with E-state index in [0.717, 1.165) is 42.5 Å². The summed E-state index contributed by atoms with van der Waals surface area (Å²) in [6.07, 6.45) is 1.05. The second-order valence-electron chi connectivity index (χ2n) is 6.13. The molecule has 0 bridgehead atoms. The quantitative estimate of drug-likeness (QED) is 0.893. The number of rotatable bonds is 5. The summed E-state index contributed by atoms with van der Waals surface area (Å²) in [6, 6.07) is 4.25. The van der Waals surface area contributed by atoms with E-state index in [1.165, 1.54) is 0 Å². The number of β-amino-alcohol motifs (C(OH)–C–C–N with tert-alkyl or cyclic N) is 1. The Morgan fingerprint density at radius 3 is 2.95 bits per heavy atom. The molecular weight excluding hydrogens is 300 g/mol. The van der Waals surface area contributed by atoms with Crippen molar-refractivity contribution in [3.8, 4) is 0 Å². The third kappa shape index (κ3) is 3.67. The van der Waals surface area contributed by atoms with E-state index in [4.69, 9.17) is 4.42 Å². The van der Waals surface area contributed by atoms with Crippen molar-refractivity contribution >= 4 is 17.7 Å². The van der Waals surface area contributed by atoms with Gasteiger partial charge in [-0.05, 0) is 25.5 Å². The zero-order chi connectivity index (χ0) is 15.5. The number of aliphatic hydroxyl groups excluding tert-OH is 1. The predicted molar refractivity (Wildman–Crippen MR) is 86.9 cm³/mol. The molecule has 0 aliphatic carbocycles. The number of furan rings is 1. The van der Waals surface area contributed by atoms with Crippen molar-refractivity contribution < 1.29 is 14.3 Å². The van der Waals surface area contributed by atoms with E-state index in [9.17, 15) is 9.90 Å². The summed E-state index contributed by atoms with van der Waals surface area (Å²) in [5.41, 5.74) is 0. The van der Waals surface area contributed by atoms with Crippen LogP contribution in [0.4, 0.5) is 0 Å². The SMILES string of the molecule is Cc1ccc(C2CSCCN2CC(O)CN2CCCC2=O)o1. The van der Waals surface area contributed by atoms with Crippen LogP contribution < -0.4 is 0 Å². The predicted octanol–water partition coefficient (Wildman–Crippen LogP) is 1.66. The van der Waals surface area contributed by atoms with Gasteiger partial charge in [0, 0.05) is 44.1 Å². The molecule has 22 heavy (non-hydrogen) atoms. The second kappa shape index (κ2) is 7.06. The molecule has 2 aliphatic heterocycles. The molecule has 122 valence electrons. The number of hydrogen-bond donors (Lipinski definition) is 1. The molecule has 2 atom stereocenters. The first-order valence-electron chi connectivity index (χ1n) is 7.97. The van der Waals surface area contributed by atoms with Crippen molar-refractivity contribution in [3.63, 3.8) is 0 Å². The van der Waals surface area contributed by atoms with Crippen molar-refractivity contribution in [2.45, 2.75) is 31.9 Å². The number of aryl methyl sites for hydroxylation is 1. The molecule has 0 aromatic carbocycles. The first-order valence-corrected chi connectivity index (χ1v) is 9.13. The minimum absolute atomic E-state index is 0.173. The van der Waals surface area contributed by atoms with Gasteiger partial charge in [-0.15, -0.1) is 0 Å². The van der Waals surface area contributed by atoms with Gasteiger partial charge >= 0.3 is 0 Å². The molecule has 2 saturated heterocycles. The largest absolute Gasteiger partial charge is 0.465 e. The first-order chi connectivity index (χ1) is 10.6. The molecule has 6 heteroatoms. The standard InChI is InChI=1S/C16H24N2O3S/c1-12-4-5-15(21-12)14-11-22-8-7-17(14)9-13(19)10-18-6-2-3-16(18)20/h4-5,13-14,19H,2-3,6-11H2,1H3. The number of thioether (sulfide) groups is 1. The summed E-state index contributed by atoms with van der Waals surface area (Å²) >= 11 is 1.92. The molecule has 0 radical (unpaired) electrons. The Hall–Kier alpha value is -0.980. The van der Waals surface area contributed by atoms with Crippen molar-refractivity contribution in [2.75, 3.05) is 37.7 Å². The number of nitrogens with zero attached hydrogens (tertiary/aromatic N) is 2. The average Bonchev–Trinajstić information content (AvgIpc) is 3.09. The molecule has 1 N–H and O–H groups in total. The number of hydrogen-bond acceptors (Lipinski definition) is 5. The van der Waals surface area contributed by atoms with E-state index in [1.54, 1.807) is 4.90 Å². The molecule has 2 aliphatic rings. The van der Waals surface area contributed by atoms with Gasteiger partial charge < -0.3 is 14.4 Å². The van der Waals surface area contributed by atoms with Crippen molar-refractivity contribution in [3.05, 3.63) is 23.7 Å². The topological polar surface area (TPSA) is 56.9 Å². The molecule has 0 saturated carbocycles. The van der Waals surface area contributed by atoms with Crippen LogP contribution in [-0.2, 0) is 4.79 Å². The fourth-order valence-corrected chi connectivity index (χ4v) is 4.36. The maximum atomic E-state index is 11.7. The van der Waals surface area contributed by atoms with Crippen LogP contribution in [0.1, 0.15) is 30.4 Å². The summed E-state index contributed by atoms with van der Waals surface area (Å²) in [7, 11) is 0. The highest BCUT2D eigenvalue weighted by atomic mass is 32.2. The lowest BCUT2D eigenvalue weighted by atomic mass is 10.2. The fourth-order valence-electron chi connectivity index (χ4n) is 3.23. The van der Waals surface area contributed by atoms with Crippen LogP contribution in [0.2, 0.25) is 0 Å². The minimum Gasteiger partial charge on any atom is -0.465 e.